The molecule has 1 aromatic rings. The largest absolute Gasteiger partial charge is 0.481 e. The molecule has 1 atom stereocenters. The number of carboxylic acids is 1. The number of aliphatic hydroxyl groups is 1. The first-order valence-corrected chi connectivity index (χ1v) is 6.79. The molecule has 0 aromatic heterocycles. The fourth-order valence-corrected chi connectivity index (χ4v) is 2.87. The zero-order valence-electron chi connectivity index (χ0n) is 11.2. The molecule has 1 saturated heterocycles. The summed E-state index contributed by atoms with van der Waals surface area (Å²) in [4.78, 5) is 13.8. The third-order valence-electron chi connectivity index (χ3n) is 4.09. The maximum atomic E-state index is 11.6. The van der Waals surface area contributed by atoms with Gasteiger partial charge in [-0.05, 0) is 24.9 Å². The predicted octanol–water partition coefficient (Wildman–Crippen LogP) is 1.70. The Labute approximate surface area is 113 Å². The molecule has 0 radical (unpaired) electrons. The van der Waals surface area contributed by atoms with Crippen molar-refractivity contribution in [1.29, 1.82) is 0 Å². The smallest absolute Gasteiger partial charge is 0.313 e. The van der Waals surface area contributed by atoms with Crippen LogP contribution in [0.5, 0.6) is 0 Å². The Balaban J connectivity index is 2.23. The monoisotopic (exact) mass is 263 g/mol. The molecule has 1 aliphatic rings. The number of hydrogen-bond donors (Lipinski definition) is 2. The standard InChI is InChI=1S/C15H21NO3/c1-2-16-10-8-15(19,9-11-16)13(14(17)18)12-6-4-3-5-7-12/h3-7,13,19H,2,8-11H2,1H3,(H,17,18)/t13-/m1/s1. The number of nitrogens with zero attached hydrogens (tertiary/aromatic N) is 1. The Bertz CT molecular complexity index is 424. The topological polar surface area (TPSA) is 60.8 Å². The van der Waals surface area contributed by atoms with Gasteiger partial charge in [0.15, 0.2) is 0 Å². The molecule has 0 saturated carbocycles. The summed E-state index contributed by atoms with van der Waals surface area (Å²) in [6.45, 7) is 4.53. The van der Waals surface area contributed by atoms with Crippen LogP contribution in [0.2, 0.25) is 0 Å². The van der Waals surface area contributed by atoms with Crippen molar-refractivity contribution in [3.63, 3.8) is 0 Å². The van der Waals surface area contributed by atoms with Crippen molar-refractivity contribution in [2.75, 3.05) is 19.6 Å². The van der Waals surface area contributed by atoms with Gasteiger partial charge in [0.25, 0.3) is 0 Å². The summed E-state index contributed by atoms with van der Waals surface area (Å²) in [5.74, 6) is -1.79. The van der Waals surface area contributed by atoms with E-state index in [0.717, 1.165) is 19.6 Å². The van der Waals surface area contributed by atoms with E-state index in [2.05, 4.69) is 11.8 Å². The van der Waals surface area contributed by atoms with Crippen LogP contribution in [0.15, 0.2) is 30.3 Å². The first-order chi connectivity index (χ1) is 9.07. The highest BCUT2D eigenvalue weighted by atomic mass is 16.4. The van der Waals surface area contributed by atoms with E-state index in [1.165, 1.54) is 0 Å². The third kappa shape index (κ3) is 2.96. The highest BCUT2D eigenvalue weighted by Crippen LogP contribution is 2.36. The lowest BCUT2D eigenvalue weighted by atomic mass is 9.76. The van der Waals surface area contributed by atoms with Crippen LogP contribution in [-0.2, 0) is 4.79 Å². The van der Waals surface area contributed by atoms with Crippen molar-refractivity contribution in [3.8, 4) is 0 Å². The molecule has 0 unspecified atom stereocenters. The molecule has 2 N–H and O–H groups in total. The zero-order valence-corrected chi connectivity index (χ0v) is 11.2. The molecule has 0 amide bonds. The molecule has 1 aliphatic heterocycles. The summed E-state index contributed by atoms with van der Waals surface area (Å²) < 4.78 is 0. The zero-order chi connectivity index (χ0) is 13.9. The van der Waals surface area contributed by atoms with Gasteiger partial charge in [0.2, 0.25) is 0 Å². The Kier molecular flexibility index (Phi) is 4.22. The highest BCUT2D eigenvalue weighted by molar-refractivity contribution is 5.77. The molecule has 1 fully saturated rings. The van der Waals surface area contributed by atoms with Crippen LogP contribution >= 0.6 is 0 Å². The van der Waals surface area contributed by atoms with Gasteiger partial charge in [-0.1, -0.05) is 37.3 Å². The average molecular weight is 263 g/mol. The normalized spacial score (nSPS) is 20.9. The number of carbonyl (C=O) groups is 1. The number of aliphatic carboxylic acids is 1. The van der Waals surface area contributed by atoms with E-state index < -0.39 is 17.5 Å². The van der Waals surface area contributed by atoms with Gasteiger partial charge in [0, 0.05) is 13.1 Å². The van der Waals surface area contributed by atoms with E-state index in [0.29, 0.717) is 18.4 Å². The van der Waals surface area contributed by atoms with Crippen LogP contribution in [-0.4, -0.2) is 46.3 Å². The lowest BCUT2D eigenvalue weighted by Crippen LogP contribution is -2.49. The van der Waals surface area contributed by atoms with Gasteiger partial charge >= 0.3 is 5.97 Å². The maximum absolute atomic E-state index is 11.6. The minimum atomic E-state index is -1.14. The molecule has 1 aromatic carbocycles. The summed E-state index contributed by atoms with van der Waals surface area (Å²) in [6, 6.07) is 9.05. The fraction of sp³-hybridized carbons (Fsp3) is 0.533. The van der Waals surface area contributed by atoms with Crippen molar-refractivity contribution in [2.24, 2.45) is 0 Å². The third-order valence-corrected chi connectivity index (χ3v) is 4.09. The summed E-state index contributed by atoms with van der Waals surface area (Å²) in [6.07, 6.45) is 1.01. The summed E-state index contributed by atoms with van der Waals surface area (Å²) in [5, 5.41) is 20.3. The van der Waals surface area contributed by atoms with Crippen LogP contribution in [0.4, 0.5) is 0 Å². The number of rotatable bonds is 4. The second-order valence-electron chi connectivity index (χ2n) is 5.22. The van der Waals surface area contributed by atoms with Crippen LogP contribution < -0.4 is 0 Å². The number of hydrogen-bond acceptors (Lipinski definition) is 3. The molecular weight excluding hydrogens is 242 g/mol. The number of likely N-dealkylation sites (tertiary alicyclic amines) is 1. The van der Waals surface area contributed by atoms with Gasteiger partial charge in [0.1, 0.15) is 5.92 Å². The minimum Gasteiger partial charge on any atom is -0.481 e. The van der Waals surface area contributed by atoms with E-state index in [4.69, 9.17) is 0 Å². The van der Waals surface area contributed by atoms with E-state index >= 15 is 0 Å². The molecule has 2 rings (SSSR count). The number of carboxylic acid groups (broad SMARTS) is 1. The van der Waals surface area contributed by atoms with E-state index in [1.807, 2.05) is 18.2 Å². The first kappa shape index (κ1) is 14.0. The second-order valence-corrected chi connectivity index (χ2v) is 5.22. The molecule has 0 bridgehead atoms. The van der Waals surface area contributed by atoms with Gasteiger partial charge in [-0.3, -0.25) is 4.79 Å². The number of benzene rings is 1. The van der Waals surface area contributed by atoms with Crippen molar-refractivity contribution < 1.29 is 15.0 Å². The molecule has 4 nitrogen and oxygen atoms in total. The van der Waals surface area contributed by atoms with Crippen molar-refractivity contribution in [3.05, 3.63) is 35.9 Å². The summed E-state index contributed by atoms with van der Waals surface area (Å²) in [7, 11) is 0. The van der Waals surface area contributed by atoms with Gasteiger partial charge in [-0.25, -0.2) is 0 Å². The van der Waals surface area contributed by atoms with Gasteiger partial charge in [0.05, 0.1) is 5.60 Å². The van der Waals surface area contributed by atoms with E-state index in [1.54, 1.807) is 12.1 Å². The van der Waals surface area contributed by atoms with Crippen molar-refractivity contribution in [1.82, 2.24) is 4.90 Å². The average Bonchev–Trinajstić information content (AvgIpc) is 2.40. The van der Waals surface area contributed by atoms with E-state index in [-0.39, 0.29) is 0 Å². The van der Waals surface area contributed by atoms with Crippen LogP contribution in [0.1, 0.15) is 31.2 Å². The van der Waals surface area contributed by atoms with Crippen molar-refractivity contribution in [2.45, 2.75) is 31.3 Å². The fourth-order valence-electron chi connectivity index (χ4n) is 2.87. The second kappa shape index (κ2) is 5.72. The SMILES string of the molecule is CCN1CCC(O)([C@@H](C(=O)O)c2ccccc2)CC1. The minimum absolute atomic E-state index is 0.507. The number of piperidine rings is 1. The van der Waals surface area contributed by atoms with Gasteiger partial charge < -0.3 is 15.1 Å². The predicted molar refractivity (Wildman–Crippen MR) is 73.1 cm³/mol. The van der Waals surface area contributed by atoms with Crippen LogP contribution in [0.25, 0.3) is 0 Å². The molecular formula is C15H21NO3. The van der Waals surface area contributed by atoms with Crippen LogP contribution in [0, 0.1) is 0 Å². The highest BCUT2D eigenvalue weighted by Gasteiger charge is 2.44. The van der Waals surface area contributed by atoms with Gasteiger partial charge in [-0.2, -0.15) is 0 Å². The Hall–Kier alpha value is -1.39. The van der Waals surface area contributed by atoms with E-state index in [9.17, 15) is 15.0 Å². The molecule has 0 spiro atoms. The molecule has 0 aliphatic carbocycles. The Morgan fingerprint density at radius 3 is 2.37 bits per heavy atom. The lowest BCUT2D eigenvalue weighted by Gasteiger charge is -2.41. The first-order valence-electron chi connectivity index (χ1n) is 6.79. The molecule has 19 heavy (non-hydrogen) atoms. The Morgan fingerprint density at radius 1 is 1.32 bits per heavy atom. The lowest BCUT2D eigenvalue weighted by molar-refractivity contribution is -0.148. The maximum Gasteiger partial charge on any atom is 0.313 e. The molecule has 1 heterocycles. The molecule has 4 heteroatoms. The van der Waals surface area contributed by atoms with Gasteiger partial charge in [-0.15, -0.1) is 0 Å². The van der Waals surface area contributed by atoms with Crippen molar-refractivity contribution >= 4 is 5.97 Å². The quantitative estimate of drug-likeness (QED) is 0.868. The Morgan fingerprint density at radius 2 is 1.89 bits per heavy atom. The van der Waals surface area contributed by atoms with Crippen LogP contribution in [0.3, 0.4) is 0 Å². The summed E-state index contributed by atoms with van der Waals surface area (Å²) >= 11 is 0. The summed E-state index contributed by atoms with van der Waals surface area (Å²) in [5.41, 5.74) is -0.457. The molecule has 104 valence electrons.